The van der Waals surface area contributed by atoms with Gasteiger partial charge in [-0.05, 0) is 43.9 Å². The lowest BCUT2D eigenvalue weighted by Gasteiger charge is -2.18. The van der Waals surface area contributed by atoms with E-state index in [2.05, 4.69) is 5.32 Å². The minimum Gasteiger partial charge on any atom is -0.493 e. The molecule has 0 radical (unpaired) electrons. The summed E-state index contributed by atoms with van der Waals surface area (Å²) >= 11 is 0. The van der Waals surface area contributed by atoms with Gasteiger partial charge in [0.2, 0.25) is 0 Å². The Morgan fingerprint density at radius 1 is 1.25 bits per heavy atom. The monoisotopic (exact) mass is 221 g/mol. The highest BCUT2D eigenvalue weighted by molar-refractivity contribution is 5.37. The van der Waals surface area contributed by atoms with Crippen molar-refractivity contribution in [2.24, 2.45) is 0 Å². The Hall–Kier alpha value is -1.09. The topological polar surface area (TPSA) is 21.3 Å². The van der Waals surface area contributed by atoms with Gasteiger partial charge in [-0.1, -0.05) is 0 Å². The van der Waals surface area contributed by atoms with Crippen molar-refractivity contribution in [1.29, 1.82) is 0 Å². The van der Waals surface area contributed by atoms with Gasteiger partial charge in [-0.15, -0.1) is 0 Å². The Bertz CT molecular complexity index is 390. The normalized spacial score (nSPS) is 24.4. The lowest BCUT2D eigenvalue weighted by molar-refractivity contribution is 0.315. The lowest BCUT2D eigenvalue weighted by atomic mass is 10.0. The van der Waals surface area contributed by atoms with E-state index in [1.54, 1.807) is 12.1 Å². The van der Waals surface area contributed by atoms with Crippen molar-refractivity contribution in [2.75, 3.05) is 6.61 Å². The molecule has 2 aliphatic rings. The maximum absolute atomic E-state index is 13.3. The smallest absolute Gasteiger partial charge is 0.124 e. The summed E-state index contributed by atoms with van der Waals surface area (Å²) < 4.78 is 18.9. The molecule has 3 heteroatoms. The van der Waals surface area contributed by atoms with Crippen LogP contribution < -0.4 is 10.1 Å². The molecule has 1 aromatic rings. The Morgan fingerprint density at radius 2 is 2.12 bits per heavy atom. The van der Waals surface area contributed by atoms with Gasteiger partial charge in [0.05, 0.1) is 6.61 Å². The van der Waals surface area contributed by atoms with Crippen molar-refractivity contribution in [1.82, 2.24) is 5.32 Å². The minimum absolute atomic E-state index is 0.174. The molecule has 2 nitrogen and oxygen atoms in total. The summed E-state index contributed by atoms with van der Waals surface area (Å²) in [5.41, 5.74) is 0.990. The van der Waals surface area contributed by atoms with Gasteiger partial charge in [-0.3, -0.25) is 0 Å². The van der Waals surface area contributed by atoms with Crippen molar-refractivity contribution in [3.63, 3.8) is 0 Å². The number of fused-ring (bicyclic) bond motifs is 1. The third-order valence-electron chi connectivity index (χ3n) is 3.26. The average molecular weight is 221 g/mol. The highest BCUT2D eigenvalue weighted by Crippen LogP contribution is 2.34. The third kappa shape index (κ3) is 2.05. The van der Waals surface area contributed by atoms with Crippen LogP contribution in [0.4, 0.5) is 4.39 Å². The summed E-state index contributed by atoms with van der Waals surface area (Å²) in [5.74, 6) is 0.670. The van der Waals surface area contributed by atoms with E-state index in [-0.39, 0.29) is 11.9 Å². The molecule has 0 aromatic heterocycles. The lowest BCUT2D eigenvalue weighted by Crippen LogP contribution is -2.23. The third-order valence-corrected chi connectivity index (χ3v) is 3.26. The fourth-order valence-electron chi connectivity index (χ4n) is 2.26. The van der Waals surface area contributed by atoms with Gasteiger partial charge in [-0.2, -0.15) is 0 Å². The molecule has 1 N–H and O–H groups in total. The molecule has 1 fully saturated rings. The Morgan fingerprint density at radius 3 is 2.94 bits per heavy atom. The zero-order valence-corrected chi connectivity index (χ0v) is 9.21. The molecule has 86 valence electrons. The molecule has 0 saturated heterocycles. The molecule has 1 unspecified atom stereocenters. The molecule has 1 aliphatic heterocycles. The van der Waals surface area contributed by atoms with Crippen LogP contribution in [0.15, 0.2) is 18.2 Å². The van der Waals surface area contributed by atoms with Gasteiger partial charge < -0.3 is 10.1 Å². The largest absolute Gasteiger partial charge is 0.493 e. The summed E-state index contributed by atoms with van der Waals surface area (Å²) in [6.07, 6.45) is 4.57. The van der Waals surface area contributed by atoms with Crippen LogP contribution in [0.2, 0.25) is 0 Å². The molecule has 3 rings (SSSR count). The van der Waals surface area contributed by atoms with E-state index in [0.717, 1.165) is 30.8 Å². The quantitative estimate of drug-likeness (QED) is 0.829. The van der Waals surface area contributed by atoms with Crippen molar-refractivity contribution in [2.45, 2.75) is 37.8 Å². The molecule has 1 aliphatic carbocycles. The molecule has 1 saturated carbocycles. The summed E-state index contributed by atoms with van der Waals surface area (Å²) in [6, 6.07) is 5.73. The summed E-state index contributed by atoms with van der Waals surface area (Å²) in [5, 5.41) is 3.57. The van der Waals surface area contributed by atoms with E-state index in [0.29, 0.717) is 6.04 Å². The number of halogens is 1. The van der Waals surface area contributed by atoms with Gasteiger partial charge in [0.25, 0.3) is 0 Å². The standard InChI is InChI=1S/C13H16FNO/c14-9-3-6-13-11(8-9)12(2-1-7-16-13)15-10-4-5-10/h3,6,8,10,12,15H,1-2,4-5,7H2. The number of hydrogen-bond acceptors (Lipinski definition) is 2. The first kappa shape index (κ1) is 10.1. The zero-order valence-electron chi connectivity index (χ0n) is 9.21. The summed E-state index contributed by atoms with van der Waals surface area (Å²) in [6.45, 7) is 0.738. The van der Waals surface area contributed by atoms with Crippen LogP contribution in [0.5, 0.6) is 5.75 Å². The fourth-order valence-corrected chi connectivity index (χ4v) is 2.26. The minimum atomic E-state index is -0.174. The number of nitrogens with one attached hydrogen (secondary N) is 1. The van der Waals surface area contributed by atoms with Crippen molar-refractivity contribution in [3.8, 4) is 5.75 Å². The van der Waals surface area contributed by atoms with Gasteiger partial charge >= 0.3 is 0 Å². The van der Waals surface area contributed by atoms with E-state index in [9.17, 15) is 4.39 Å². The highest BCUT2D eigenvalue weighted by Gasteiger charge is 2.28. The average Bonchev–Trinajstić information content (AvgIpc) is 3.08. The van der Waals surface area contributed by atoms with Gasteiger partial charge in [0, 0.05) is 17.6 Å². The zero-order chi connectivity index (χ0) is 11.0. The van der Waals surface area contributed by atoms with Crippen LogP contribution in [-0.4, -0.2) is 12.6 Å². The molecule has 1 atom stereocenters. The number of ether oxygens (including phenoxy) is 1. The molecule has 0 bridgehead atoms. The second-order valence-corrected chi connectivity index (χ2v) is 4.67. The first-order valence-electron chi connectivity index (χ1n) is 6.01. The van der Waals surface area contributed by atoms with E-state index < -0.39 is 0 Å². The van der Waals surface area contributed by atoms with E-state index in [1.165, 1.54) is 18.9 Å². The molecular formula is C13H16FNO. The van der Waals surface area contributed by atoms with Gasteiger partial charge in [0.1, 0.15) is 11.6 Å². The molecule has 1 heterocycles. The maximum Gasteiger partial charge on any atom is 0.124 e. The van der Waals surface area contributed by atoms with Gasteiger partial charge in [-0.25, -0.2) is 4.39 Å². The fraction of sp³-hybridized carbons (Fsp3) is 0.538. The van der Waals surface area contributed by atoms with E-state index in [4.69, 9.17) is 4.74 Å². The van der Waals surface area contributed by atoms with E-state index >= 15 is 0 Å². The number of benzene rings is 1. The van der Waals surface area contributed by atoms with Crippen LogP contribution in [0.3, 0.4) is 0 Å². The van der Waals surface area contributed by atoms with Gasteiger partial charge in [0.15, 0.2) is 0 Å². The number of rotatable bonds is 2. The first-order valence-corrected chi connectivity index (χ1v) is 6.01. The van der Waals surface area contributed by atoms with Crippen LogP contribution in [0, 0.1) is 5.82 Å². The molecule has 1 aromatic carbocycles. The highest BCUT2D eigenvalue weighted by atomic mass is 19.1. The number of hydrogen-bond donors (Lipinski definition) is 1. The predicted molar refractivity (Wildman–Crippen MR) is 60.0 cm³/mol. The maximum atomic E-state index is 13.3. The second kappa shape index (κ2) is 4.06. The molecule has 16 heavy (non-hydrogen) atoms. The van der Waals surface area contributed by atoms with Crippen LogP contribution >= 0.6 is 0 Å². The first-order chi connectivity index (χ1) is 7.83. The van der Waals surface area contributed by atoms with Crippen molar-refractivity contribution < 1.29 is 9.13 Å². The predicted octanol–water partition coefficient (Wildman–Crippen LogP) is 2.79. The van der Waals surface area contributed by atoms with Crippen molar-refractivity contribution >= 4 is 0 Å². The molecule has 0 amide bonds. The Kier molecular flexibility index (Phi) is 2.56. The summed E-state index contributed by atoms with van der Waals surface area (Å²) in [7, 11) is 0. The summed E-state index contributed by atoms with van der Waals surface area (Å²) in [4.78, 5) is 0. The van der Waals surface area contributed by atoms with Crippen LogP contribution in [-0.2, 0) is 0 Å². The van der Waals surface area contributed by atoms with Crippen LogP contribution in [0.25, 0.3) is 0 Å². The Labute approximate surface area is 94.8 Å². The Balaban J connectivity index is 1.90. The van der Waals surface area contributed by atoms with Crippen LogP contribution in [0.1, 0.15) is 37.3 Å². The SMILES string of the molecule is Fc1ccc2c(c1)C(NC1CC1)CCCO2. The molecular weight excluding hydrogens is 205 g/mol. The molecule has 0 spiro atoms. The van der Waals surface area contributed by atoms with E-state index in [1.807, 2.05) is 0 Å². The van der Waals surface area contributed by atoms with Crippen molar-refractivity contribution in [3.05, 3.63) is 29.6 Å². The second-order valence-electron chi connectivity index (χ2n) is 4.67.